The van der Waals surface area contributed by atoms with E-state index in [9.17, 15) is 0 Å². The Morgan fingerprint density at radius 3 is 2.53 bits per heavy atom. The van der Waals surface area contributed by atoms with Gasteiger partial charge in [0.1, 0.15) is 11.8 Å². The molecule has 2 aliphatic rings. The van der Waals surface area contributed by atoms with Crippen LogP contribution in [0.15, 0.2) is 100 Å². The van der Waals surface area contributed by atoms with Gasteiger partial charge in [-0.25, -0.2) is 15.0 Å². The molecule has 1 N–H and O–H groups in total. The molecule has 186 valence electrons. The number of methoxy groups -OCH3 is 1. The van der Waals surface area contributed by atoms with Crippen molar-refractivity contribution >= 4 is 45.9 Å². The number of hydrogen-bond donors (Lipinski definition) is 1. The highest BCUT2D eigenvalue weighted by molar-refractivity contribution is 7.10. The van der Waals surface area contributed by atoms with Gasteiger partial charge in [0.2, 0.25) is 0 Å². The van der Waals surface area contributed by atoms with E-state index in [1.54, 1.807) is 24.6 Å². The van der Waals surface area contributed by atoms with Crippen LogP contribution in [0, 0.1) is 6.92 Å². The molecule has 5 heterocycles. The van der Waals surface area contributed by atoms with Crippen molar-refractivity contribution in [1.82, 2.24) is 14.8 Å². The van der Waals surface area contributed by atoms with Gasteiger partial charge in [-0.1, -0.05) is 24.3 Å². The van der Waals surface area contributed by atoms with Gasteiger partial charge in [-0.2, -0.15) is 9.78 Å². The highest BCUT2D eigenvalue weighted by atomic mass is 32.1. The number of fused-ring (bicyclic) bond motifs is 4. The van der Waals surface area contributed by atoms with E-state index in [0.29, 0.717) is 5.84 Å². The van der Waals surface area contributed by atoms with Gasteiger partial charge in [0.15, 0.2) is 23.3 Å². The molecule has 38 heavy (non-hydrogen) atoms. The number of rotatable bonds is 4. The SMILES string of the molecule is COc1ccc(NC2=Nc3ccccc3N3C2=Nc2c(c(C)nn2-c2ccccn2)[C@H]3c2cccs2)cc1. The number of aromatic nitrogens is 3. The summed E-state index contributed by atoms with van der Waals surface area (Å²) in [6.07, 6.45) is 1.77. The summed E-state index contributed by atoms with van der Waals surface area (Å²) in [6.45, 7) is 2.04. The second-order valence-electron chi connectivity index (χ2n) is 8.95. The molecule has 3 aromatic heterocycles. The number of anilines is 2. The number of pyridine rings is 1. The van der Waals surface area contributed by atoms with Crippen molar-refractivity contribution in [3.63, 3.8) is 0 Å². The summed E-state index contributed by atoms with van der Waals surface area (Å²) >= 11 is 1.72. The van der Waals surface area contributed by atoms with Crippen LogP contribution in [-0.4, -0.2) is 33.5 Å². The van der Waals surface area contributed by atoms with Crippen molar-refractivity contribution in [2.75, 3.05) is 17.3 Å². The summed E-state index contributed by atoms with van der Waals surface area (Å²) in [4.78, 5) is 18.3. The molecule has 8 nitrogen and oxygen atoms in total. The monoisotopic (exact) mass is 517 g/mol. The lowest BCUT2D eigenvalue weighted by Gasteiger charge is -2.40. The molecule has 2 aliphatic heterocycles. The molecule has 0 amide bonds. The predicted molar refractivity (Wildman–Crippen MR) is 152 cm³/mol. The van der Waals surface area contributed by atoms with Crippen molar-refractivity contribution in [1.29, 1.82) is 0 Å². The van der Waals surface area contributed by atoms with Gasteiger partial charge >= 0.3 is 0 Å². The fourth-order valence-electron chi connectivity index (χ4n) is 4.96. The van der Waals surface area contributed by atoms with E-state index in [1.807, 2.05) is 72.3 Å². The Balaban J connectivity index is 1.46. The quantitative estimate of drug-likeness (QED) is 0.297. The molecule has 0 saturated carbocycles. The number of nitrogens with zero attached hydrogens (tertiary/aromatic N) is 6. The normalized spacial score (nSPS) is 15.6. The van der Waals surface area contributed by atoms with Crippen molar-refractivity contribution in [3.05, 3.63) is 107 Å². The lowest BCUT2D eigenvalue weighted by molar-refractivity contribution is 0.415. The number of aryl methyl sites for hydroxylation is 1. The highest BCUT2D eigenvalue weighted by Gasteiger charge is 2.41. The second kappa shape index (κ2) is 8.97. The molecule has 0 saturated heterocycles. The van der Waals surface area contributed by atoms with Crippen molar-refractivity contribution < 1.29 is 4.74 Å². The van der Waals surface area contributed by atoms with Crippen LogP contribution in [0.4, 0.5) is 22.9 Å². The average molecular weight is 518 g/mol. The molecule has 1 atom stereocenters. The number of aliphatic imine (C=N–C) groups is 2. The van der Waals surface area contributed by atoms with Crippen molar-refractivity contribution in [2.24, 2.45) is 9.98 Å². The van der Waals surface area contributed by atoms with Crippen LogP contribution in [0.25, 0.3) is 5.82 Å². The zero-order chi connectivity index (χ0) is 25.6. The molecule has 0 bridgehead atoms. The lowest BCUT2D eigenvalue weighted by atomic mass is 9.98. The van der Waals surface area contributed by atoms with Gasteiger partial charge in [0.05, 0.1) is 24.2 Å². The minimum Gasteiger partial charge on any atom is -0.497 e. The Labute approximate surface area is 223 Å². The first-order valence-corrected chi connectivity index (χ1v) is 13.1. The number of para-hydroxylation sites is 2. The molecular formula is C29H23N7OS. The summed E-state index contributed by atoms with van der Waals surface area (Å²) in [5, 5.41) is 10.5. The third-order valence-corrected chi connectivity index (χ3v) is 7.59. The van der Waals surface area contributed by atoms with Gasteiger partial charge in [-0.05, 0) is 66.9 Å². The second-order valence-corrected chi connectivity index (χ2v) is 9.93. The molecule has 0 fully saturated rings. The van der Waals surface area contributed by atoms with Crippen molar-refractivity contribution in [3.8, 4) is 11.6 Å². The topological polar surface area (TPSA) is 79.9 Å². The van der Waals surface area contributed by atoms with E-state index >= 15 is 0 Å². The Morgan fingerprint density at radius 1 is 0.921 bits per heavy atom. The minimum atomic E-state index is -0.126. The summed E-state index contributed by atoms with van der Waals surface area (Å²) in [5.74, 6) is 3.65. The fourth-order valence-corrected chi connectivity index (χ4v) is 5.79. The molecule has 5 aromatic rings. The van der Waals surface area contributed by atoms with Gasteiger partial charge in [-0.15, -0.1) is 11.3 Å². The van der Waals surface area contributed by atoms with E-state index < -0.39 is 0 Å². The number of amidine groups is 2. The van der Waals surface area contributed by atoms with E-state index in [1.165, 1.54) is 4.88 Å². The van der Waals surface area contributed by atoms with E-state index in [0.717, 1.165) is 51.5 Å². The molecular weight excluding hydrogens is 494 g/mol. The molecule has 0 aliphatic carbocycles. The zero-order valence-electron chi connectivity index (χ0n) is 20.7. The molecule has 0 radical (unpaired) electrons. The zero-order valence-corrected chi connectivity index (χ0v) is 21.6. The van der Waals surface area contributed by atoms with Crippen LogP contribution in [0.1, 0.15) is 22.2 Å². The Hall–Kier alpha value is -4.76. The Kier molecular flexibility index (Phi) is 5.29. The number of thiophene rings is 1. The van der Waals surface area contributed by atoms with Gasteiger partial charge in [0, 0.05) is 22.3 Å². The maximum atomic E-state index is 5.34. The van der Waals surface area contributed by atoms with Crippen LogP contribution >= 0.6 is 11.3 Å². The summed E-state index contributed by atoms with van der Waals surface area (Å²) in [7, 11) is 1.66. The maximum absolute atomic E-state index is 5.34. The summed E-state index contributed by atoms with van der Waals surface area (Å²) < 4.78 is 7.17. The standard InChI is InChI=1S/C29H23N7OS/c1-18-25-26(23-10-7-17-38-23)35-22-9-4-3-8-21(22)32-27(31-19-12-14-20(37-2)15-13-19)29(35)33-28(25)36(34-18)24-11-5-6-16-30-24/h3-17,26H,1-2H3,(H,31,32)/t26-/m1/s1. The fraction of sp³-hybridized carbons (Fsp3) is 0.103. The van der Waals surface area contributed by atoms with E-state index in [2.05, 4.69) is 38.8 Å². The van der Waals surface area contributed by atoms with Crippen LogP contribution in [0.3, 0.4) is 0 Å². The van der Waals surface area contributed by atoms with E-state index in [-0.39, 0.29) is 6.04 Å². The van der Waals surface area contributed by atoms with Crippen LogP contribution < -0.4 is 15.0 Å². The third-order valence-electron chi connectivity index (χ3n) is 6.67. The molecule has 0 unspecified atom stereocenters. The summed E-state index contributed by atoms with van der Waals surface area (Å²) in [6, 6.07) is 25.9. The smallest absolute Gasteiger partial charge is 0.179 e. The van der Waals surface area contributed by atoms with Crippen molar-refractivity contribution in [2.45, 2.75) is 13.0 Å². The first-order valence-electron chi connectivity index (χ1n) is 12.2. The van der Waals surface area contributed by atoms with Crippen LogP contribution in [0.2, 0.25) is 0 Å². The van der Waals surface area contributed by atoms with Gasteiger partial charge < -0.3 is 15.0 Å². The molecule has 9 heteroatoms. The predicted octanol–water partition coefficient (Wildman–Crippen LogP) is 6.44. The highest BCUT2D eigenvalue weighted by Crippen LogP contribution is 2.48. The summed E-state index contributed by atoms with van der Waals surface area (Å²) in [5.41, 5.74) is 4.74. The van der Waals surface area contributed by atoms with Crippen LogP contribution in [-0.2, 0) is 0 Å². The van der Waals surface area contributed by atoms with Gasteiger partial charge in [0.25, 0.3) is 0 Å². The lowest BCUT2D eigenvalue weighted by Crippen LogP contribution is -2.46. The largest absolute Gasteiger partial charge is 0.497 e. The first kappa shape index (κ1) is 22.4. The number of benzene rings is 2. The molecule has 7 rings (SSSR count). The number of ether oxygens (including phenoxy) is 1. The Bertz CT molecular complexity index is 1690. The molecule has 2 aromatic carbocycles. The van der Waals surface area contributed by atoms with Crippen LogP contribution in [0.5, 0.6) is 5.75 Å². The molecule has 0 spiro atoms. The number of hydrogen-bond acceptors (Lipinski definition) is 8. The van der Waals surface area contributed by atoms with Gasteiger partial charge in [-0.3, -0.25) is 0 Å². The first-order chi connectivity index (χ1) is 18.7. The number of nitrogens with one attached hydrogen (secondary N) is 1. The maximum Gasteiger partial charge on any atom is 0.179 e. The minimum absolute atomic E-state index is 0.126. The van der Waals surface area contributed by atoms with E-state index in [4.69, 9.17) is 19.8 Å². The third kappa shape index (κ3) is 3.59. The Morgan fingerprint density at radius 2 is 1.76 bits per heavy atom. The average Bonchev–Trinajstić information content (AvgIpc) is 3.61.